The Morgan fingerprint density at radius 2 is 2.20 bits per heavy atom. The first-order valence-electron chi connectivity index (χ1n) is 8.48. The fourth-order valence-corrected chi connectivity index (χ4v) is 3.78. The summed E-state index contributed by atoms with van der Waals surface area (Å²) in [5, 5.41) is 4.41. The Kier molecular flexibility index (Phi) is 4.17. The average Bonchev–Trinajstić information content (AvgIpc) is 2.97. The minimum absolute atomic E-state index is 0.0115. The molecule has 2 aromatic rings. The number of nitrogens with zero attached hydrogens (tertiary/aromatic N) is 2. The summed E-state index contributed by atoms with van der Waals surface area (Å²) in [5.74, 6) is 0.0252. The topological polar surface area (TPSA) is 65.8 Å². The molecule has 1 aromatic carbocycles. The number of fused-ring (bicyclic) bond motifs is 2. The molecule has 2 aliphatic rings. The molecule has 0 bridgehead atoms. The van der Waals surface area contributed by atoms with Crippen LogP contribution in [-0.4, -0.2) is 60.4 Å². The third-order valence-corrected chi connectivity index (χ3v) is 5.53. The van der Waals surface area contributed by atoms with Crippen molar-refractivity contribution in [3.63, 3.8) is 0 Å². The molecule has 2 saturated heterocycles. The summed E-state index contributed by atoms with van der Waals surface area (Å²) in [6.07, 6.45) is 1.88. The van der Waals surface area contributed by atoms with Gasteiger partial charge in [0.1, 0.15) is 11.6 Å². The lowest BCUT2D eigenvalue weighted by molar-refractivity contribution is -0.139. The summed E-state index contributed by atoms with van der Waals surface area (Å²) < 4.78 is 5.57. The molecule has 2 aliphatic heterocycles. The van der Waals surface area contributed by atoms with Crippen molar-refractivity contribution in [2.75, 3.05) is 32.7 Å². The largest absolute Gasteiger partial charge is 0.464 e. The highest BCUT2D eigenvalue weighted by molar-refractivity contribution is 6.32. The van der Waals surface area contributed by atoms with Gasteiger partial charge in [-0.15, -0.1) is 0 Å². The van der Waals surface area contributed by atoms with E-state index in [1.165, 1.54) is 0 Å². The number of rotatable bonds is 2. The maximum atomic E-state index is 12.7. The van der Waals surface area contributed by atoms with Crippen molar-refractivity contribution in [3.8, 4) is 0 Å². The van der Waals surface area contributed by atoms with Gasteiger partial charge in [0.2, 0.25) is 11.8 Å². The zero-order chi connectivity index (χ0) is 17.6. The van der Waals surface area contributed by atoms with Crippen LogP contribution in [0.1, 0.15) is 11.1 Å². The summed E-state index contributed by atoms with van der Waals surface area (Å²) in [4.78, 5) is 28.7. The van der Waals surface area contributed by atoms with E-state index >= 15 is 0 Å². The van der Waals surface area contributed by atoms with Gasteiger partial charge in [-0.1, -0.05) is 11.6 Å². The Hall–Kier alpha value is -2.05. The van der Waals surface area contributed by atoms with Crippen molar-refractivity contribution >= 4 is 34.4 Å². The Bertz CT molecular complexity index is 847. The van der Waals surface area contributed by atoms with Crippen molar-refractivity contribution < 1.29 is 14.0 Å². The van der Waals surface area contributed by atoms with E-state index in [1.54, 1.807) is 11.2 Å². The van der Waals surface area contributed by atoms with Crippen LogP contribution in [0.4, 0.5) is 0 Å². The van der Waals surface area contributed by atoms with Gasteiger partial charge in [0, 0.05) is 48.7 Å². The standard InChI is InChI=1S/C18H20ClN3O3/c1-11-6-16-13(8-14(11)19)12(10-25-16)7-17(23)22-5-4-21-3-2-20-18(24)15(21)9-22/h6,8,10,15H,2-5,7,9H2,1H3,(H,20,24). The minimum atomic E-state index is -0.232. The number of amides is 2. The Balaban J connectivity index is 1.51. The summed E-state index contributed by atoms with van der Waals surface area (Å²) in [6.45, 7) is 5.29. The Morgan fingerprint density at radius 3 is 3.04 bits per heavy atom. The van der Waals surface area contributed by atoms with Gasteiger partial charge in [-0.05, 0) is 24.6 Å². The van der Waals surface area contributed by atoms with Gasteiger partial charge >= 0.3 is 0 Å². The number of nitrogens with one attached hydrogen (secondary N) is 1. The normalized spacial score (nSPS) is 21.3. The molecule has 0 aliphatic carbocycles. The maximum Gasteiger partial charge on any atom is 0.239 e. The van der Waals surface area contributed by atoms with E-state index in [2.05, 4.69) is 10.2 Å². The van der Waals surface area contributed by atoms with Crippen LogP contribution in [0.25, 0.3) is 11.0 Å². The number of carbonyl (C=O) groups is 2. The van der Waals surface area contributed by atoms with Gasteiger partial charge in [0.15, 0.2) is 0 Å². The van der Waals surface area contributed by atoms with E-state index in [9.17, 15) is 9.59 Å². The van der Waals surface area contributed by atoms with Crippen LogP contribution in [0.5, 0.6) is 0 Å². The lowest BCUT2D eigenvalue weighted by atomic mass is 10.1. The number of halogens is 1. The number of piperazine rings is 2. The maximum absolute atomic E-state index is 12.7. The molecule has 3 heterocycles. The lowest BCUT2D eigenvalue weighted by Crippen LogP contribution is -2.64. The van der Waals surface area contributed by atoms with E-state index in [4.69, 9.17) is 16.0 Å². The molecule has 0 spiro atoms. The number of hydrogen-bond donors (Lipinski definition) is 1. The van der Waals surface area contributed by atoms with E-state index in [-0.39, 0.29) is 24.3 Å². The molecule has 132 valence electrons. The first kappa shape index (κ1) is 16.4. The van der Waals surface area contributed by atoms with Crippen LogP contribution in [0.15, 0.2) is 22.8 Å². The number of hydrogen-bond acceptors (Lipinski definition) is 4. The molecule has 2 amide bonds. The van der Waals surface area contributed by atoms with Crippen molar-refractivity contribution in [3.05, 3.63) is 34.5 Å². The zero-order valence-corrected chi connectivity index (χ0v) is 14.8. The van der Waals surface area contributed by atoms with Crippen LogP contribution < -0.4 is 5.32 Å². The molecule has 1 aromatic heterocycles. The van der Waals surface area contributed by atoms with Gasteiger partial charge in [0.25, 0.3) is 0 Å². The highest BCUT2D eigenvalue weighted by Crippen LogP contribution is 2.28. The van der Waals surface area contributed by atoms with E-state index in [1.807, 2.05) is 19.1 Å². The molecule has 2 fully saturated rings. The van der Waals surface area contributed by atoms with Crippen molar-refractivity contribution in [2.45, 2.75) is 19.4 Å². The van der Waals surface area contributed by atoms with Crippen LogP contribution in [0, 0.1) is 6.92 Å². The molecule has 0 radical (unpaired) electrons. The highest BCUT2D eigenvalue weighted by Gasteiger charge is 2.36. The zero-order valence-electron chi connectivity index (χ0n) is 14.0. The summed E-state index contributed by atoms with van der Waals surface area (Å²) in [6, 6.07) is 3.51. The molecule has 0 saturated carbocycles. The second-order valence-electron chi connectivity index (χ2n) is 6.72. The molecule has 7 heteroatoms. The predicted octanol–water partition coefficient (Wildman–Crippen LogP) is 1.58. The number of benzene rings is 1. The molecule has 1 unspecified atom stereocenters. The second-order valence-corrected chi connectivity index (χ2v) is 7.13. The third-order valence-electron chi connectivity index (χ3n) is 5.12. The molecular weight excluding hydrogens is 342 g/mol. The first-order chi connectivity index (χ1) is 12.0. The van der Waals surface area contributed by atoms with Gasteiger partial charge in [-0.2, -0.15) is 0 Å². The first-order valence-corrected chi connectivity index (χ1v) is 8.86. The summed E-state index contributed by atoms with van der Waals surface area (Å²) in [5.41, 5.74) is 2.51. The monoisotopic (exact) mass is 361 g/mol. The van der Waals surface area contributed by atoms with Gasteiger partial charge in [0.05, 0.1) is 12.7 Å². The fraction of sp³-hybridized carbons (Fsp3) is 0.444. The van der Waals surface area contributed by atoms with Crippen LogP contribution in [-0.2, 0) is 16.0 Å². The second kappa shape index (κ2) is 6.35. The highest BCUT2D eigenvalue weighted by atomic mass is 35.5. The SMILES string of the molecule is Cc1cc2occ(CC(=O)N3CCN4CCNC(=O)C4C3)c2cc1Cl. The average molecular weight is 362 g/mol. The predicted molar refractivity (Wildman–Crippen MR) is 94.6 cm³/mol. The minimum Gasteiger partial charge on any atom is -0.464 e. The quantitative estimate of drug-likeness (QED) is 0.882. The molecular formula is C18H20ClN3O3. The van der Waals surface area contributed by atoms with Crippen molar-refractivity contribution in [1.82, 2.24) is 15.1 Å². The van der Waals surface area contributed by atoms with E-state index < -0.39 is 0 Å². The smallest absolute Gasteiger partial charge is 0.239 e. The molecule has 4 rings (SSSR count). The summed E-state index contributed by atoms with van der Waals surface area (Å²) in [7, 11) is 0. The molecule has 1 N–H and O–H groups in total. The van der Waals surface area contributed by atoms with Crippen LogP contribution >= 0.6 is 11.6 Å². The summed E-state index contributed by atoms with van der Waals surface area (Å²) >= 11 is 6.21. The molecule has 25 heavy (non-hydrogen) atoms. The number of furan rings is 1. The Morgan fingerprint density at radius 1 is 1.36 bits per heavy atom. The third kappa shape index (κ3) is 3.00. The molecule has 6 nitrogen and oxygen atoms in total. The molecule has 1 atom stereocenters. The van der Waals surface area contributed by atoms with Crippen LogP contribution in [0.3, 0.4) is 0 Å². The number of aryl methyl sites for hydroxylation is 1. The van der Waals surface area contributed by atoms with E-state index in [0.29, 0.717) is 24.7 Å². The fourth-order valence-electron chi connectivity index (χ4n) is 3.62. The number of carbonyl (C=O) groups excluding carboxylic acids is 2. The Labute approximate surface area is 150 Å². The lowest BCUT2D eigenvalue weighted by Gasteiger charge is -2.43. The van der Waals surface area contributed by atoms with Crippen molar-refractivity contribution in [2.24, 2.45) is 0 Å². The van der Waals surface area contributed by atoms with Crippen LogP contribution in [0.2, 0.25) is 5.02 Å². The van der Waals surface area contributed by atoms with Gasteiger partial charge < -0.3 is 14.6 Å². The van der Waals surface area contributed by atoms with E-state index in [0.717, 1.165) is 35.2 Å². The van der Waals surface area contributed by atoms with Crippen molar-refractivity contribution in [1.29, 1.82) is 0 Å². The van der Waals surface area contributed by atoms with Gasteiger partial charge in [-0.3, -0.25) is 14.5 Å². The van der Waals surface area contributed by atoms with Gasteiger partial charge in [-0.25, -0.2) is 0 Å².